The van der Waals surface area contributed by atoms with Crippen molar-refractivity contribution in [1.29, 1.82) is 0 Å². The number of amidine groups is 1. The fourth-order valence-corrected chi connectivity index (χ4v) is 2.25. The van der Waals surface area contributed by atoms with Crippen LogP contribution in [0.1, 0.15) is 45.2 Å². The second-order valence-corrected chi connectivity index (χ2v) is 5.89. The number of methoxy groups -OCH3 is 1. The average molecular weight is 293 g/mol. The van der Waals surface area contributed by atoms with E-state index in [1.807, 2.05) is 32.0 Å². The Labute approximate surface area is 127 Å². The molecule has 0 bridgehead atoms. The zero-order chi connectivity index (χ0) is 15.9. The number of ether oxygens (including phenoxy) is 1. The van der Waals surface area contributed by atoms with Gasteiger partial charge in [0.2, 0.25) is 0 Å². The van der Waals surface area contributed by atoms with Gasteiger partial charge in [-0.25, -0.2) is 0 Å². The molecule has 5 heteroatoms. The minimum Gasteiger partial charge on any atom is -0.496 e. The molecule has 0 saturated carbocycles. The minimum absolute atomic E-state index is 0.216. The summed E-state index contributed by atoms with van der Waals surface area (Å²) in [5.41, 5.74) is 6.55. The molecule has 4 N–H and O–H groups in total. The van der Waals surface area contributed by atoms with Crippen molar-refractivity contribution in [3.05, 3.63) is 29.8 Å². The Morgan fingerprint density at radius 2 is 2.10 bits per heavy atom. The summed E-state index contributed by atoms with van der Waals surface area (Å²) in [7, 11) is 1.69. The van der Waals surface area contributed by atoms with Gasteiger partial charge >= 0.3 is 0 Å². The Hall–Kier alpha value is -1.75. The first-order valence-corrected chi connectivity index (χ1v) is 7.26. The fraction of sp³-hybridized carbons (Fsp3) is 0.562. The van der Waals surface area contributed by atoms with E-state index in [0.29, 0.717) is 0 Å². The predicted molar refractivity (Wildman–Crippen MR) is 85.8 cm³/mol. The van der Waals surface area contributed by atoms with Crippen molar-refractivity contribution in [1.82, 2.24) is 5.32 Å². The number of benzene rings is 1. The number of oxime groups is 1. The van der Waals surface area contributed by atoms with Crippen molar-refractivity contribution in [2.24, 2.45) is 16.3 Å². The highest BCUT2D eigenvalue weighted by Crippen LogP contribution is 2.25. The molecule has 118 valence electrons. The van der Waals surface area contributed by atoms with E-state index in [2.05, 4.69) is 23.5 Å². The lowest BCUT2D eigenvalue weighted by molar-refractivity contribution is 0.304. The molecule has 0 aliphatic carbocycles. The van der Waals surface area contributed by atoms with Gasteiger partial charge in [-0.15, -0.1) is 0 Å². The van der Waals surface area contributed by atoms with E-state index in [9.17, 15) is 0 Å². The smallest absolute Gasteiger partial charge is 0.144 e. The molecule has 1 aromatic carbocycles. The first-order valence-electron chi connectivity index (χ1n) is 7.26. The lowest BCUT2D eigenvalue weighted by Gasteiger charge is -2.23. The van der Waals surface area contributed by atoms with Gasteiger partial charge in [0.1, 0.15) is 11.6 Å². The molecule has 0 aromatic heterocycles. The van der Waals surface area contributed by atoms with Gasteiger partial charge in [-0.2, -0.15) is 0 Å². The van der Waals surface area contributed by atoms with E-state index in [-0.39, 0.29) is 17.3 Å². The highest BCUT2D eigenvalue weighted by molar-refractivity contribution is 5.85. The van der Waals surface area contributed by atoms with Crippen LogP contribution in [0.15, 0.2) is 29.4 Å². The van der Waals surface area contributed by atoms with Crippen LogP contribution < -0.4 is 15.8 Å². The molecule has 1 atom stereocenters. The normalized spacial score (nSPS) is 14.0. The van der Waals surface area contributed by atoms with Gasteiger partial charge in [-0.05, 0) is 32.4 Å². The molecule has 0 saturated heterocycles. The molecular formula is C16H27N3O2. The summed E-state index contributed by atoms with van der Waals surface area (Å²) >= 11 is 0. The van der Waals surface area contributed by atoms with Crippen LogP contribution in [0.5, 0.6) is 5.75 Å². The Bertz CT molecular complexity index is 472. The molecule has 0 radical (unpaired) electrons. The van der Waals surface area contributed by atoms with E-state index in [1.165, 1.54) is 0 Å². The number of nitrogens with zero attached hydrogens (tertiary/aromatic N) is 1. The predicted octanol–water partition coefficient (Wildman–Crippen LogP) is 2.90. The van der Waals surface area contributed by atoms with Gasteiger partial charge in [0.25, 0.3) is 0 Å². The molecule has 0 unspecified atom stereocenters. The second kappa shape index (κ2) is 7.88. The summed E-state index contributed by atoms with van der Waals surface area (Å²) in [6.07, 6.45) is 1.80. The van der Waals surface area contributed by atoms with E-state index in [4.69, 9.17) is 15.7 Å². The summed E-state index contributed by atoms with van der Waals surface area (Å²) in [4.78, 5) is 0. The van der Waals surface area contributed by atoms with E-state index in [1.54, 1.807) is 7.11 Å². The number of hydrogen-bond donors (Lipinski definition) is 3. The molecular weight excluding hydrogens is 266 g/mol. The van der Waals surface area contributed by atoms with Crippen LogP contribution in [0.25, 0.3) is 0 Å². The Balaban J connectivity index is 2.46. The quantitative estimate of drug-likeness (QED) is 0.226. The van der Waals surface area contributed by atoms with Gasteiger partial charge < -0.3 is 21.0 Å². The third-order valence-electron chi connectivity index (χ3n) is 3.84. The van der Waals surface area contributed by atoms with Crippen LogP contribution in [0.2, 0.25) is 0 Å². The van der Waals surface area contributed by atoms with Gasteiger partial charge in [0.05, 0.1) is 7.11 Å². The monoisotopic (exact) mass is 293 g/mol. The average Bonchev–Trinajstić information content (AvgIpc) is 2.50. The third kappa shape index (κ3) is 4.93. The maximum absolute atomic E-state index is 8.75. The van der Waals surface area contributed by atoms with E-state index < -0.39 is 0 Å². The molecule has 21 heavy (non-hydrogen) atoms. The second-order valence-electron chi connectivity index (χ2n) is 5.89. The lowest BCUT2D eigenvalue weighted by atomic mass is 9.86. The number of para-hydroxylation sites is 1. The van der Waals surface area contributed by atoms with Crippen molar-refractivity contribution in [3.8, 4) is 5.75 Å². The molecule has 0 heterocycles. The van der Waals surface area contributed by atoms with Crippen LogP contribution in [-0.2, 0) is 0 Å². The molecule has 0 aliphatic heterocycles. The van der Waals surface area contributed by atoms with Crippen LogP contribution in [0, 0.1) is 5.41 Å². The van der Waals surface area contributed by atoms with Gasteiger partial charge in [-0.3, -0.25) is 0 Å². The highest BCUT2D eigenvalue weighted by Gasteiger charge is 2.22. The highest BCUT2D eigenvalue weighted by atomic mass is 16.5. The molecule has 0 fully saturated rings. The van der Waals surface area contributed by atoms with E-state index in [0.717, 1.165) is 30.7 Å². The van der Waals surface area contributed by atoms with Crippen molar-refractivity contribution < 1.29 is 9.94 Å². The molecule has 0 amide bonds. The number of nitrogens with one attached hydrogen (secondary N) is 1. The van der Waals surface area contributed by atoms with Gasteiger partial charge in [0, 0.05) is 17.0 Å². The topological polar surface area (TPSA) is 79.9 Å². The number of nitrogens with two attached hydrogens (primary N) is 1. The summed E-state index contributed by atoms with van der Waals surface area (Å²) in [5.74, 6) is 1.18. The summed E-state index contributed by atoms with van der Waals surface area (Å²) in [6, 6.07) is 8.23. The largest absolute Gasteiger partial charge is 0.496 e. The van der Waals surface area contributed by atoms with Gasteiger partial charge in [0.15, 0.2) is 0 Å². The molecule has 1 aromatic rings. The fourth-order valence-electron chi connectivity index (χ4n) is 2.25. The Kier molecular flexibility index (Phi) is 6.49. The van der Waals surface area contributed by atoms with Crippen molar-refractivity contribution in [2.75, 3.05) is 13.7 Å². The maximum Gasteiger partial charge on any atom is 0.144 e. The first kappa shape index (κ1) is 17.3. The third-order valence-corrected chi connectivity index (χ3v) is 3.84. The lowest BCUT2D eigenvalue weighted by Crippen LogP contribution is -2.33. The summed E-state index contributed by atoms with van der Waals surface area (Å²) in [5, 5.41) is 15.3. The Morgan fingerprint density at radius 1 is 1.43 bits per heavy atom. The first-order chi connectivity index (χ1) is 9.92. The molecule has 0 spiro atoms. The maximum atomic E-state index is 8.75. The van der Waals surface area contributed by atoms with Gasteiger partial charge in [-0.1, -0.05) is 37.2 Å². The molecule has 0 aliphatic rings. The standard InChI is InChI=1S/C16H27N3O2/c1-12(13-8-5-6-9-14(13)21-4)18-11-7-10-16(2,3)15(17)19-20/h5-6,8-9,12,18,20H,7,10-11H2,1-4H3,(H2,17,19)/t12-/m1/s1. The molecule has 5 nitrogen and oxygen atoms in total. The summed E-state index contributed by atoms with van der Waals surface area (Å²) < 4.78 is 5.37. The van der Waals surface area contributed by atoms with Crippen LogP contribution >= 0.6 is 0 Å². The number of hydrogen-bond acceptors (Lipinski definition) is 4. The SMILES string of the molecule is COc1ccccc1[C@@H](C)NCCCC(C)(C)/C(N)=N/O. The molecule has 1 rings (SSSR count). The Morgan fingerprint density at radius 3 is 2.71 bits per heavy atom. The van der Waals surface area contributed by atoms with Crippen molar-refractivity contribution in [3.63, 3.8) is 0 Å². The zero-order valence-corrected chi connectivity index (χ0v) is 13.4. The van der Waals surface area contributed by atoms with Crippen LogP contribution in [-0.4, -0.2) is 24.7 Å². The van der Waals surface area contributed by atoms with Crippen LogP contribution in [0.3, 0.4) is 0 Å². The zero-order valence-electron chi connectivity index (χ0n) is 13.4. The van der Waals surface area contributed by atoms with Crippen LogP contribution in [0.4, 0.5) is 0 Å². The number of rotatable bonds is 8. The van der Waals surface area contributed by atoms with Crippen molar-refractivity contribution >= 4 is 5.84 Å². The van der Waals surface area contributed by atoms with Crippen molar-refractivity contribution in [2.45, 2.75) is 39.7 Å². The van der Waals surface area contributed by atoms with E-state index >= 15 is 0 Å². The summed E-state index contributed by atoms with van der Waals surface area (Å²) in [6.45, 7) is 6.94. The minimum atomic E-state index is -0.288.